The third-order valence-electron chi connectivity index (χ3n) is 13.0. The molecule has 4 amide bonds. The fourth-order valence-corrected chi connectivity index (χ4v) is 9.57. The number of likely N-dealkylation sites (tertiary alicyclic amines) is 2. The van der Waals surface area contributed by atoms with Crippen LogP contribution in [0.1, 0.15) is 88.2 Å². The average molecular weight is 856 g/mol. The third-order valence-corrected chi connectivity index (χ3v) is 13.0. The largest absolute Gasteiger partial charge is 0.465 e. The number of nitrogens with one attached hydrogen (secondary N) is 4. The molecule has 0 spiro atoms. The van der Waals surface area contributed by atoms with Gasteiger partial charge in [0.1, 0.15) is 23.7 Å². The number of anilines is 1. The Labute approximate surface area is 367 Å². The van der Waals surface area contributed by atoms with E-state index in [1.54, 1.807) is 4.90 Å². The van der Waals surface area contributed by atoms with Crippen LogP contribution in [0.3, 0.4) is 0 Å². The lowest BCUT2D eigenvalue weighted by Crippen LogP contribution is -2.60. The molecular formula is C48H57N9O6. The predicted molar refractivity (Wildman–Crippen MR) is 239 cm³/mol. The highest BCUT2D eigenvalue weighted by Gasteiger charge is 2.46. The molecule has 3 aromatic carbocycles. The average Bonchev–Trinajstić information content (AvgIpc) is 4.11. The number of hydrogen-bond donors (Lipinski definition) is 5. The van der Waals surface area contributed by atoms with Crippen LogP contribution in [-0.4, -0.2) is 104 Å². The maximum Gasteiger partial charge on any atom is 0.407 e. The van der Waals surface area contributed by atoms with E-state index < -0.39 is 24.3 Å². The third kappa shape index (κ3) is 8.60. The van der Waals surface area contributed by atoms with Gasteiger partial charge in [-0.15, -0.1) is 0 Å². The Morgan fingerprint density at radius 3 is 1.67 bits per heavy atom. The highest BCUT2D eigenvalue weighted by molar-refractivity contribution is 5.87. The first-order valence-electron chi connectivity index (χ1n) is 21.9. The summed E-state index contributed by atoms with van der Waals surface area (Å²) in [5.41, 5.74) is 6.75. The molecular weight excluding hydrogens is 799 g/mol. The first-order valence-corrected chi connectivity index (χ1v) is 21.9. The van der Waals surface area contributed by atoms with Crippen molar-refractivity contribution in [3.05, 3.63) is 114 Å². The van der Waals surface area contributed by atoms with Gasteiger partial charge in [-0.2, -0.15) is 0 Å². The zero-order valence-corrected chi connectivity index (χ0v) is 36.5. The maximum atomic E-state index is 13.8. The summed E-state index contributed by atoms with van der Waals surface area (Å²) in [6.45, 7) is 10.1. The summed E-state index contributed by atoms with van der Waals surface area (Å²) < 4.78 is 4.81. The molecule has 5 aromatic rings. The van der Waals surface area contributed by atoms with Crippen molar-refractivity contribution in [1.82, 2.24) is 40.4 Å². The Bertz CT molecular complexity index is 2440. The molecule has 0 saturated carbocycles. The van der Waals surface area contributed by atoms with Gasteiger partial charge in [0.2, 0.25) is 11.8 Å². The van der Waals surface area contributed by atoms with Crippen LogP contribution in [0.5, 0.6) is 0 Å². The second-order valence-electron chi connectivity index (χ2n) is 17.7. The van der Waals surface area contributed by atoms with Crippen LogP contribution in [0.25, 0.3) is 22.5 Å². The van der Waals surface area contributed by atoms with E-state index in [1.807, 2.05) is 51.1 Å². The molecule has 3 saturated heterocycles. The number of carbonyl (C=O) groups is 4. The van der Waals surface area contributed by atoms with Gasteiger partial charge in [0, 0.05) is 31.9 Å². The number of H-pyrrole nitrogens is 2. The molecule has 63 heavy (non-hydrogen) atoms. The van der Waals surface area contributed by atoms with E-state index in [2.05, 4.69) is 98.3 Å². The van der Waals surface area contributed by atoms with Crippen molar-refractivity contribution in [2.24, 2.45) is 11.8 Å². The quantitative estimate of drug-likeness (QED) is 0.0811. The van der Waals surface area contributed by atoms with Crippen molar-refractivity contribution in [3.63, 3.8) is 0 Å². The standard InChI is InChI=1S/C48H57N9O6/c1-29(2)40(53-46(60)61)44(58)56-21-11-19-38(56)42-49-25-36(51-42)31-13-9-15-33(23-31)48(27-55(28-48)35-17-7-6-8-18-35)34-16-10-14-32(24-34)37-26-50-43(52-37)39-20-12-22-57(39)45(59)41(30(3)4)54-47(62)63-5/h6-10,13-18,23-26,29-30,38-41,53H,11-12,19-22,27-28H2,1-5H3,(H,49,51)(H,50,52)(H,54,62)(H,60,61)/t38-,39-,40?,41-/m0/s1. The van der Waals surface area contributed by atoms with Crippen molar-refractivity contribution < 1.29 is 29.0 Å². The van der Waals surface area contributed by atoms with Gasteiger partial charge in [-0.1, -0.05) is 82.3 Å². The number of nitrogens with zero attached hydrogens (tertiary/aromatic N) is 5. The van der Waals surface area contributed by atoms with Gasteiger partial charge in [0.05, 0.1) is 48.4 Å². The molecule has 5 N–H and O–H groups in total. The first kappa shape index (κ1) is 43.0. The smallest absolute Gasteiger partial charge is 0.407 e. The van der Waals surface area contributed by atoms with E-state index >= 15 is 0 Å². The van der Waals surface area contributed by atoms with E-state index in [0.29, 0.717) is 24.7 Å². The fraction of sp³-hybridized carbons (Fsp3) is 0.417. The number of methoxy groups -OCH3 is 1. The number of para-hydroxylation sites is 1. The lowest BCUT2D eigenvalue weighted by Gasteiger charge is -2.52. The van der Waals surface area contributed by atoms with Crippen molar-refractivity contribution in [1.29, 1.82) is 0 Å². The number of carboxylic acid groups (broad SMARTS) is 1. The van der Waals surface area contributed by atoms with Gasteiger partial charge in [-0.25, -0.2) is 19.6 Å². The number of hydrogen-bond acceptors (Lipinski definition) is 8. The fourth-order valence-electron chi connectivity index (χ4n) is 9.57. The van der Waals surface area contributed by atoms with Crippen LogP contribution in [0.4, 0.5) is 15.3 Å². The van der Waals surface area contributed by atoms with E-state index in [9.17, 15) is 24.3 Å². The van der Waals surface area contributed by atoms with Crippen molar-refractivity contribution in [2.75, 3.05) is 38.2 Å². The zero-order chi connectivity index (χ0) is 44.4. The van der Waals surface area contributed by atoms with Crippen LogP contribution in [0.2, 0.25) is 0 Å². The van der Waals surface area contributed by atoms with Gasteiger partial charge in [-0.3, -0.25) is 9.59 Å². The number of alkyl carbamates (subject to hydrolysis) is 1. The molecule has 8 rings (SSSR count). The van der Waals surface area contributed by atoms with Gasteiger partial charge in [0.25, 0.3) is 0 Å². The molecule has 0 aliphatic carbocycles. The normalized spacial score (nSPS) is 19.2. The molecule has 0 radical (unpaired) electrons. The number of aromatic nitrogens is 4. The van der Waals surface area contributed by atoms with Gasteiger partial charge < -0.3 is 45.1 Å². The highest BCUT2D eigenvalue weighted by Crippen LogP contribution is 2.45. The second kappa shape index (κ2) is 18.0. The van der Waals surface area contributed by atoms with E-state index in [-0.39, 0.29) is 41.1 Å². The summed E-state index contributed by atoms with van der Waals surface area (Å²) >= 11 is 0. The maximum absolute atomic E-state index is 13.8. The minimum absolute atomic E-state index is 0.129. The Balaban J connectivity index is 1.07. The summed E-state index contributed by atoms with van der Waals surface area (Å²) in [6.07, 6.45) is 4.93. The van der Waals surface area contributed by atoms with Crippen molar-refractivity contribution in [3.8, 4) is 22.5 Å². The molecule has 2 aromatic heterocycles. The minimum atomic E-state index is -1.22. The molecule has 15 nitrogen and oxygen atoms in total. The summed E-state index contributed by atoms with van der Waals surface area (Å²) in [6, 6.07) is 25.5. The van der Waals surface area contributed by atoms with Crippen LogP contribution >= 0.6 is 0 Å². The van der Waals surface area contributed by atoms with E-state index in [0.717, 1.165) is 78.1 Å². The monoisotopic (exact) mass is 855 g/mol. The Kier molecular flexibility index (Phi) is 12.3. The van der Waals surface area contributed by atoms with Crippen LogP contribution in [0.15, 0.2) is 91.3 Å². The number of rotatable bonds is 13. The first-order chi connectivity index (χ1) is 30.4. The van der Waals surface area contributed by atoms with Gasteiger partial charge >= 0.3 is 12.2 Å². The van der Waals surface area contributed by atoms with Crippen LogP contribution < -0.4 is 15.5 Å². The molecule has 3 fully saturated rings. The molecule has 330 valence electrons. The second-order valence-corrected chi connectivity index (χ2v) is 17.7. The van der Waals surface area contributed by atoms with Crippen molar-refractivity contribution in [2.45, 2.75) is 83.0 Å². The van der Waals surface area contributed by atoms with E-state index in [4.69, 9.17) is 14.7 Å². The van der Waals surface area contributed by atoms with Crippen molar-refractivity contribution >= 4 is 29.7 Å². The zero-order valence-electron chi connectivity index (χ0n) is 36.5. The Morgan fingerprint density at radius 2 is 1.21 bits per heavy atom. The Morgan fingerprint density at radius 1 is 0.714 bits per heavy atom. The number of ether oxygens (including phenoxy) is 1. The topological polar surface area (TPSA) is 189 Å². The number of aromatic amines is 2. The number of carbonyl (C=O) groups excluding carboxylic acids is 3. The van der Waals surface area contributed by atoms with Crippen LogP contribution in [-0.2, 0) is 19.7 Å². The SMILES string of the molecule is COC(=O)N[C@H](C(=O)N1CCC[C@H]1c1ncc(-c2cccc(C3(c4cccc(-c5cnc([C@@H]6CCCN6C(=O)C(NC(=O)O)C(C)C)[nH]5)c4)CN(c4ccccc4)C3)c2)[nH]1)C(C)C. The molecule has 3 aliphatic heterocycles. The molecule has 0 bridgehead atoms. The van der Waals surface area contributed by atoms with Gasteiger partial charge in [0.15, 0.2) is 0 Å². The molecule has 4 atom stereocenters. The molecule has 3 aliphatic rings. The molecule has 1 unspecified atom stereocenters. The minimum Gasteiger partial charge on any atom is -0.465 e. The summed E-state index contributed by atoms with van der Waals surface area (Å²) in [5, 5.41) is 14.6. The van der Waals surface area contributed by atoms with Gasteiger partial charge in [-0.05, 0) is 84.0 Å². The van der Waals surface area contributed by atoms with E-state index in [1.165, 1.54) is 7.11 Å². The summed E-state index contributed by atoms with van der Waals surface area (Å²) in [4.78, 5) is 73.8. The van der Waals surface area contributed by atoms with Crippen LogP contribution in [0, 0.1) is 11.8 Å². The number of imidazole rings is 2. The highest BCUT2D eigenvalue weighted by atomic mass is 16.5. The predicted octanol–water partition coefficient (Wildman–Crippen LogP) is 7.27. The Hall–Kier alpha value is -6.64. The molecule has 15 heteroatoms. The number of benzene rings is 3. The lowest BCUT2D eigenvalue weighted by atomic mass is 9.67. The molecule has 5 heterocycles. The lowest BCUT2D eigenvalue weighted by molar-refractivity contribution is -0.136. The summed E-state index contributed by atoms with van der Waals surface area (Å²) in [7, 11) is 1.29. The number of amides is 4. The summed E-state index contributed by atoms with van der Waals surface area (Å²) in [5.74, 6) is 0.670.